The summed E-state index contributed by atoms with van der Waals surface area (Å²) in [5.74, 6) is 0.701. The lowest BCUT2D eigenvalue weighted by molar-refractivity contribution is 0.133. The summed E-state index contributed by atoms with van der Waals surface area (Å²) in [4.78, 5) is 2.53. The predicted octanol–water partition coefficient (Wildman–Crippen LogP) is 3.54. The highest BCUT2D eigenvalue weighted by Gasteiger charge is 2.25. The van der Waals surface area contributed by atoms with Crippen molar-refractivity contribution in [3.8, 4) is 0 Å². The molecule has 4 nitrogen and oxygen atoms in total. The van der Waals surface area contributed by atoms with Gasteiger partial charge in [0, 0.05) is 19.1 Å². The largest absolute Gasteiger partial charge is 0.296 e. The normalized spacial score (nSPS) is 23.1. The van der Waals surface area contributed by atoms with E-state index in [-0.39, 0.29) is 0 Å². The van der Waals surface area contributed by atoms with E-state index in [1.807, 2.05) is 0 Å². The number of nitrogens with zero attached hydrogens (tertiary/aromatic N) is 1. The van der Waals surface area contributed by atoms with Crippen LogP contribution < -0.4 is 4.72 Å². The maximum atomic E-state index is 12.3. The number of benzene rings is 1. The van der Waals surface area contributed by atoms with Gasteiger partial charge in [-0.15, -0.1) is 0 Å². The minimum Gasteiger partial charge on any atom is -0.296 e. The summed E-state index contributed by atoms with van der Waals surface area (Å²) in [5.41, 5.74) is 1.34. The minimum atomic E-state index is -3.11. The standard InChI is InChI=1S/C20H32N2O2S/c23-25(24,17-19-10-4-5-11-19)21-14-13-20-12-6-7-15-22(20)16-18-8-2-1-3-9-18/h1-3,8-9,19-21H,4-7,10-17H2. The zero-order chi connectivity index (χ0) is 17.5. The van der Waals surface area contributed by atoms with E-state index in [1.165, 1.54) is 37.7 Å². The smallest absolute Gasteiger partial charge is 0.211 e. The van der Waals surface area contributed by atoms with Gasteiger partial charge in [0.1, 0.15) is 0 Å². The molecule has 5 heteroatoms. The van der Waals surface area contributed by atoms with Crippen molar-refractivity contribution in [2.45, 2.75) is 64.0 Å². The van der Waals surface area contributed by atoms with Crippen LogP contribution in [0.4, 0.5) is 0 Å². The monoisotopic (exact) mass is 364 g/mol. The van der Waals surface area contributed by atoms with Gasteiger partial charge in [0.05, 0.1) is 5.75 Å². The molecular formula is C20H32N2O2S. The first-order valence-electron chi connectivity index (χ1n) is 9.88. The van der Waals surface area contributed by atoms with Crippen molar-refractivity contribution in [2.24, 2.45) is 5.92 Å². The van der Waals surface area contributed by atoms with E-state index in [9.17, 15) is 8.42 Å². The topological polar surface area (TPSA) is 49.4 Å². The van der Waals surface area contributed by atoms with Crippen LogP contribution in [0.25, 0.3) is 0 Å². The Bertz CT molecular complexity index is 612. The third kappa shape index (κ3) is 6.08. The molecule has 25 heavy (non-hydrogen) atoms. The number of nitrogens with one attached hydrogen (secondary N) is 1. The Morgan fingerprint density at radius 2 is 1.72 bits per heavy atom. The molecule has 1 aromatic rings. The maximum Gasteiger partial charge on any atom is 0.211 e. The van der Waals surface area contributed by atoms with Gasteiger partial charge in [-0.25, -0.2) is 13.1 Å². The number of rotatable bonds is 8. The van der Waals surface area contributed by atoms with E-state index in [4.69, 9.17) is 0 Å². The van der Waals surface area contributed by atoms with Crippen LogP contribution in [0, 0.1) is 5.92 Å². The van der Waals surface area contributed by atoms with Crippen LogP contribution in [0.5, 0.6) is 0 Å². The molecule has 2 fully saturated rings. The van der Waals surface area contributed by atoms with Gasteiger partial charge in [0.2, 0.25) is 10.0 Å². The molecule has 1 aliphatic carbocycles. The Labute approximate surface area is 153 Å². The lowest BCUT2D eigenvalue weighted by Gasteiger charge is -2.36. The third-order valence-electron chi connectivity index (χ3n) is 5.71. The first-order chi connectivity index (χ1) is 12.1. The average molecular weight is 365 g/mol. The van der Waals surface area contributed by atoms with Crippen LogP contribution in [0.3, 0.4) is 0 Å². The van der Waals surface area contributed by atoms with Crippen LogP contribution >= 0.6 is 0 Å². The summed E-state index contributed by atoms with van der Waals surface area (Å²) in [7, 11) is -3.11. The lowest BCUT2D eigenvalue weighted by atomic mass is 9.98. The van der Waals surface area contributed by atoms with Crippen molar-refractivity contribution in [3.05, 3.63) is 35.9 Å². The van der Waals surface area contributed by atoms with Gasteiger partial charge in [0.15, 0.2) is 0 Å². The second-order valence-corrected chi connectivity index (χ2v) is 9.57. The number of hydrogen-bond donors (Lipinski definition) is 1. The zero-order valence-corrected chi connectivity index (χ0v) is 16.0. The summed E-state index contributed by atoms with van der Waals surface area (Å²) in [5, 5.41) is 0. The Hall–Kier alpha value is -0.910. The molecule has 1 aliphatic heterocycles. The second kappa shape index (κ2) is 9.15. The van der Waals surface area contributed by atoms with Gasteiger partial charge in [0.25, 0.3) is 0 Å². The van der Waals surface area contributed by atoms with Crippen LogP contribution in [-0.4, -0.2) is 38.2 Å². The molecular weight excluding hydrogens is 332 g/mol. The number of hydrogen-bond acceptors (Lipinski definition) is 3. The van der Waals surface area contributed by atoms with Gasteiger partial charge < -0.3 is 0 Å². The quantitative estimate of drug-likeness (QED) is 0.767. The molecule has 1 aromatic carbocycles. The number of sulfonamides is 1. The van der Waals surface area contributed by atoms with Crippen molar-refractivity contribution in [1.29, 1.82) is 0 Å². The second-order valence-electron chi connectivity index (χ2n) is 7.72. The Morgan fingerprint density at radius 3 is 2.48 bits per heavy atom. The van der Waals surface area contributed by atoms with Crippen LogP contribution in [0.15, 0.2) is 30.3 Å². The third-order valence-corrected chi connectivity index (χ3v) is 7.26. The van der Waals surface area contributed by atoms with Crippen molar-refractivity contribution in [2.75, 3.05) is 18.8 Å². The molecule has 0 amide bonds. The lowest BCUT2D eigenvalue weighted by Crippen LogP contribution is -2.41. The van der Waals surface area contributed by atoms with E-state index >= 15 is 0 Å². The summed E-state index contributed by atoms with van der Waals surface area (Å²) in [6.07, 6.45) is 9.13. The molecule has 3 rings (SSSR count). The molecule has 1 atom stereocenters. The van der Waals surface area contributed by atoms with E-state index < -0.39 is 10.0 Å². The Kier molecular flexibility index (Phi) is 6.91. The molecule has 0 bridgehead atoms. The fraction of sp³-hybridized carbons (Fsp3) is 0.700. The zero-order valence-electron chi connectivity index (χ0n) is 15.2. The fourth-order valence-corrected chi connectivity index (χ4v) is 5.84. The van der Waals surface area contributed by atoms with Crippen LogP contribution in [0.2, 0.25) is 0 Å². The first kappa shape index (κ1) is 18.9. The molecule has 140 valence electrons. The van der Waals surface area contributed by atoms with E-state index in [1.54, 1.807) is 0 Å². The molecule has 0 radical (unpaired) electrons. The summed E-state index contributed by atoms with van der Waals surface area (Å²) >= 11 is 0. The van der Waals surface area contributed by atoms with Crippen molar-refractivity contribution in [3.63, 3.8) is 0 Å². The van der Waals surface area contributed by atoms with Gasteiger partial charge in [-0.3, -0.25) is 4.90 Å². The highest BCUT2D eigenvalue weighted by Crippen LogP contribution is 2.26. The molecule has 1 N–H and O–H groups in total. The van der Waals surface area contributed by atoms with Gasteiger partial charge in [-0.1, -0.05) is 49.6 Å². The van der Waals surface area contributed by atoms with Gasteiger partial charge in [-0.2, -0.15) is 0 Å². The first-order valence-corrected chi connectivity index (χ1v) is 11.5. The van der Waals surface area contributed by atoms with Crippen LogP contribution in [0.1, 0.15) is 56.9 Å². The molecule has 0 aromatic heterocycles. The summed E-state index contributed by atoms with van der Waals surface area (Å²) in [6, 6.07) is 11.1. The Balaban J connectivity index is 1.46. The molecule has 0 spiro atoms. The van der Waals surface area contributed by atoms with E-state index in [0.717, 1.165) is 32.4 Å². The highest BCUT2D eigenvalue weighted by molar-refractivity contribution is 7.89. The van der Waals surface area contributed by atoms with Gasteiger partial charge >= 0.3 is 0 Å². The minimum absolute atomic E-state index is 0.325. The molecule has 1 unspecified atom stereocenters. The molecule has 1 heterocycles. The summed E-state index contributed by atoms with van der Waals surface area (Å²) in [6.45, 7) is 2.67. The SMILES string of the molecule is O=S(=O)(CC1CCCC1)NCCC1CCCCN1Cc1ccccc1. The molecule has 2 aliphatic rings. The number of piperidine rings is 1. The van der Waals surface area contributed by atoms with Crippen molar-refractivity contribution in [1.82, 2.24) is 9.62 Å². The van der Waals surface area contributed by atoms with E-state index in [2.05, 4.69) is 40.0 Å². The highest BCUT2D eigenvalue weighted by atomic mass is 32.2. The molecule has 1 saturated heterocycles. The molecule has 1 saturated carbocycles. The average Bonchev–Trinajstić information content (AvgIpc) is 3.09. The number of likely N-dealkylation sites (tertiary alicyclic amines) is 1. The maximum absolute atomic E-state index is 12.3. The Morgan fingerprint density at radius 1 is 1.00 bits per heavy atom. The summed E-state index contributed by atoms with van der Waals surface area (Å²) < 4.78 is 27.4. The fourth-order valence-electron chi connectivity index (χ4n) is 4.34. The predicted molar refractivity (Wildman–Crippen MR) is 103 cm³/mol. The van der Waals surface area contributed by atoms with Gasteiger partial charge in [-0.05, 0) is 50.1 Å². The van der Waals surface area contributed by atoms with Crippen molar-refractivity contribution >= 4 is 10.0 Å². The van der Waals surface area contributed by atoms with Crippen molar-refractivity contribution < 1.29 is 8.42 Å². The van der Waals surface area contributed by atoms with Crippen LogP contribution in [-0.2, 0) is 16.6 Å². The van der Waals surface area contributed by atoms with E-state index in [0.29, 0.717) is 24.3 Å².